The first-order chi connectivity index (χ1) is 9.99. The van der Waals surface area contributed by atoms with Gasteiger partial charge in [0.15, 0.2) is 0 Å². The number of fused-ring (bicyclic) bond motifs is 1. The molecule has 7 heteroatoms. The van der Waals surface area contributed by atoms with Gasteiger partial charge in [-0.1, -0.05) is 6.42 Å². The summed E-state index contributed by atoms with van der Waals surface area (Å²) in [5.41, 5.74) is 0.809. The highest BCUT2D eigenvalue weighted by Gasteiger charge is 2.14. The minimum Gasteiger partial charge on any atom is -0.300 e. The molecule has 2 heterocycles. The lowest BCUT2D eigenvalue weighted by atomic mass is 10.1. The Labute approximate surface area is 128 Å². The third kappa shape index (κ3) is 4.59. The number of carbonyl (C=O) groups is 1. The molecule has 2 aromatic rings. The molecular weight excluding hydrogens is 308 g/mol. The van der Waals surface area contributed by atoms with Crippen molar-refractivity contribution >= 4 is 37.4 Å². The van der Waals surface area contributed by atoms with Gasteiger partial charge in [0.2, 0.25) is 10.0 Å². The molecule has 114 valence electrons. The average molecular weight is 326 g/mol. The van der Waals surface area contributed by atoms with Crippen molar-refractivity contribution in [2.45, 2.75) is 37.5 Å². The van der Waals surface area contributed by atoms with E-state index in [4.69, 9.17) is 0 Å². The van der Waals surface area contributed by atoms with E-state index in [1.54, 1.807) is 13.0 Å². The van der Waals surface area contributed by atoms with Gasteiger partial charge < -0.3 is 4.79 Å². The molecule has 0 atom stereocenters. The Morgan fingerprint density at radius 3 is 2.90 bits per heavy atom. The molecule has 0 radical (unpaired) electrons. The normalized spacial score (nSPS) is 11.9. The number of hydrogen-bond acceptors (Lipinski definition) is 5. The minimum atomic E-state index is -3.51. The molecule has 21 heavy (non-hydrogen) atoms. The number of aromatic nitrogens is 1. The van der Waals surface area contributed by atoms with Crippen molar-refractivity contribution in [1.82, 2.24) is 9.71 Å². The zero-order chi connectivity index (χ0) is 15.3. The van der Waals surface area contributed by atoms with Crippen LogP contribution in [0.5, 0.6) is 0 Å². The monoisotopic (exact) mass is 326 g/mol. The van der Waals surface area contributed by atoms with Crippen molar-refractivity contribution in [1.29, 1.82) is 0 Å². The Hall–Kier alpha value is -1.31. The largest absolute Gasteiger partial charge is 0.300 e. The predicted octanol–water partition coefficient (Wildman–Crippen LogP) is 2.72. The number of nitrogens with one attached hydrogen (secondary N) is 1. The minimum absolute atomic E-state index is 0.172. The van der Waals surface area contributed by atoms with Gasteiger partial charge in [0.1, 0.15) is 10.7 Å². The van der Waals surface area contributed by atoms with Gasteiger partial charge >= 0.3 is 0 Å². The van der Waals surface area contributed by atoms with E-state index in [1.165, 1.54) is 17.5 Å². The summed E-state index contributed by atoms with van der Waals surface area (Å²) in [6, 6.07) is 3.50. The summed E-state index contributed by atoms with van der Waals surface area (Å²) in [6.45, 7) is 1.94. The molecule has 0 unspecified atom stereocenters. The van der Waals surface area contributed by atoms with Crippen LogP contribution < -0.4 is 4.72 Å². The highest BCUT2D eigenvalue weighted by Crippen LogP contribution is 2.21. The van der Waals surface area contributed by atoms with Crippen molar-refractivity contribution in [3.63, 3.8) is 0 Å². The fraction of sp³-hybridized carbons (Fsp3) is 0.429. The van der Waals surface area contributed by atoms with Crippen molar-refractivity contribution < 1.29 is 13.2 Å². The number of nitrogens with zero attached hydrogens (tertiary/aromatic N) is 1. The van der Waals surface area contributed by atoms with Crippen LogP contribution in [0, 0.1) is 0 Å². The summed E-state index contributed by atoms with van der Waals surface area (Å²) >= 11 is 1.47. The first-order valence-electron chi connectivity index (χ1n) is 6.81. The average Bonchev–Trinajstić information content (AvgIpc) is 2.89. The third-order valence-electron chi connectivity index (χ3n) is 3.09. The molecule has 0 aliphatic rings. The SMILES string of the molecule is CC(=O)CCCCCNS(=O)(=O)c1cnc2ccsc2c1. The standard InChI is InChI=1S/C14H18N2O3S2/c1-11(17)5-3-2-4-7-16-21(18,19)12-9-14-13(15-10-12)6-8-20-14/h6,8-10,16H,2-5,7H2,1H3. The Morgan fingerprint density at radius 2 is 2.14 bits per heavy atom. The van der Waals surface area contributed by atoms with Crippen LogP contribution in [0.25, 0.3) is 10.2 Å². The number of pyridine rings is 1. The van der Waals surface area contributed by atoms with Gasteiger partial charge in [-0.15, -0.1) is 11.3 Å². The number of hydrogen-bond donors (Lipinski definition) is 1. The summed E-state index contributed by atoms with van der Waals surface area (Å²) in [5.74, 6) is 0.172. The maximum absolute atomic E-state index is 12.1. The van der Waals surface area contributed by atoms with Crippen LogP contribution in [0.3, 0.4) is 0 Å². The predicted molar refractivity (Wildman–Crippen MR) is 84.0 cm³/mol. The molecule has 0 fully saturated rings. The van der Waals surface area contributed by atoms with Gasteiger partial charge in [0, 0.05) is 19.2 Å². The van der Waals surface area contributed by atoms with Crippen LogP contribution in [0.1, 0.15) is 32.6 Å². The van der Waals surface area contributed by atoms with Crippen molar-refractivity contribution in [2.75, 3.05) is 6.54 Å². The van der Waals surface area contributed by atoms with Crippen LogP contribution in [-0.2, 0) is 14.8 Å². The Bertz CT molecular complexity index is 723. The fourth-order valence-corrected chi connectivity index (χ4v) is 3.84. The Kier molecular flexibility index (Phi) is 5.44. The smallest absolute Gasteiger partial charge is 0.242 e. The number of ketones is 1. The second-order valence-corrected chi connectivity index (χ2v) is 7.60. The number of carbonyl (C=O) groups excluding carboxylic acids is 1. The van der Waals surface area contributed by atoms with Crippen LogP contribution in [0.15, 0.2) is 28.6 Å². The van der Waals surface area contributed by atoms with Gasteiger partial charge in [-0.25, -0.2) is 13.1 Å². The maximum atomic E-state index is 12.1. The third-order valence-corrected chi connectivity index (χ3v) is 5.37. The molecule has 0 saturated heterocycles. The van der Waals surface area contributed by atoms with Gasteiger partial charge in [-0.3, -0.25) is 4.98 Å². The summed E-state index contributed by atoms with van der Waals surface area (Å²) < 4.78 is 27.7. The topological polar surface area (TPSA) is 76.1 Å². The van der Waals surface area contributed by atoms with Gasteiger partial charge in [-0.2, -0.15) is 0 Å². The fourth-order valence-electron chi connectivity index (χ4n) is 1.94. The summed E-state index contributed by atoms with van der Waals surface area (Å²) in [5, 5.41) is 1.89. The molecular formula is C14H18N2O3S2. The quantitative estimate of drug-likeness (QED) is 0.757. The molecule has 0 aliphatic carbocycles. The molecule has 0 saturated carbocycles. The lowest BCUT2D eigenvalue weighted by molar-refractivity contribution is -0.117. The maximum Gasteiger partial charge on any atom is 0.242 e. The first-order valence-corrected chi connectivity index (χ1v) is 9.18. The van der Waals surface area contributed by atoms with Crippen molar-refractivity contribution in [3.8, 4) is 0 Å². The van der Waals surface area contributed by atoms with E-state index >= 15 is 0 Å². The second-order valence-electron chi connectivity index (χ2n) is 4.89. The van der Waals surface area contributed by atoms with Crippen LogP contribution in [-0.4, -0.2) is 25.7 Å². The molecule has 1 N–H and O–H groups in total. The summed E-state index contributed by atoms with van der Waals surface area (Å²) in [6.07, 6.45) is 4.31. The van der Waals surface area contributed by atoms with Gasteiger partial charge in [-0.05, 0) is 37.3 Å². The molecule has 2 aromatic heterocycles. The van der Waals surface area contributed by atoms with Gasteiger partial charge in [0.25, 0.3) is 0 Å². The van der Waals surface area contributed by atoms with Crippen LogP contribution >= 0.6 is 11.3 Å². The lowest BCUT2D eigenvalue weighted by Gasteiger charge is -2.06. The van der Waals surface area contributed by atoms with Crippen molar-refractivity contribution in [2.24, 2.45) is 0 Å². The zero-order valence-electron chi connectivity index (χ0n) is 11.8. The molecule has 5 nitrogen and oxygen atoms in total. The number of Topliss-reactive ketones (excluding diaryl/α,β-unsaturated/α-hetero) is 1. The molecule has 0 amide bonds. The molecule has 0 bridgehead atoms. The number of unbranched alkanes of at least 4 members (excludes halogenated alkanes) is 2. The summed E-state index contributed by atoms with van der Waals surface area (Å²) in [4.78, 5) is 15.1. The molecule has 0 spiro atoms. The summed E-state index contributed by atoms with van der Waals surface area (Å²) in [7, 11) is -3.51. The van der Waals surface area contributed by atoms with E-state index in [0.717, 1.165) is 29.5 Å². The van der Waals surface area contributed by atoms with Crippen LogP contribution in [0.4, 0.5) is 0 Å². The first kappa shape index (κ1) is 16.1. The number of sulfonamides is 1. The van der Waals surface area contributed by atoms with Gasteiger partial charge in [0.05, 0.1) is 10.2 Å². The van der Waals surface area contributed by atoms with E-state index < -0.39 is 10.0 Å². The van der Waals surface area contributed by atoms with Crippen LogP contribution in [0.2, 0.25) is 0 Å². The second kappa shape index (κ2) is 7.11. The number of rotatable bonds is 8. The highest BCUT2D eigenvalue weighted by molar-refractivity contribution is 7.89. The van der Waals surface area contributed by atoms with E-state index in [2.05, 4.69) is 9.71 Å². The van der Waals surface area contributed by atoms with E-state index in [9.17, 15) is 13.2 Å². The van der Waals surface area contributed by atoms with E-state index in [1.807, 2.05) is 11.4 Å². The molecule has 2 rings (SSSR count). The number of thiophene rings is 1. The Morgan fingerprint density at radius 1 is 1.33 bits per heavy atom. The molecule has 0 aromatic carbocycles. The molecule has 0 aliphatic heterocycles. The lowest BCUT2D eigenvalue weighted by Crippen LogP contribution is -2.24. The van der Waals surface area contributed by atoms with E-state index in [0.29, 0.717) is 13.0 Å². The van der Waals surface area contributed by atoms with Crippen molar-refractivity contribution in [3.05, 3.63) is 23.7 Å². The van der Waals surface area contributed by atoms with E-state index in [-0.39, 0.29) is 10.7 Å². The highest BCUT2D eigenvalue weighted by atomic mass is 32.2. The Balaban J connectivity index is 1.88. The zero-order valence-corrected chi connectivity index (χ0v) is 13.5.